The van der Waals surface area contributed by atoms with Crippen molar-refractivity contribution in [3.05, 3.63) is 52.3 Å². The Labute approximate surface area is 186 Å². The van der Waals surface area contributed by atoms with Crippen LogP contribution in [0.25, 0.3) is 11.1 Å². The summed E-state index contributed by atoms with van der Waals surface area (Å²) in [6.07, 6.45) is 0.665. The molecule has 1 aliphatic rings. The van der Waals surface area contributed by atoms with E-state index in [0.717, 1.165) is 24.2 Å². The van der Waals surface area contributed by atoms with Crippen molar-refractivity contribution in [2.45, 2.75) is 19.3 Å². The van der Waals surface area contributed by atoms with Gasteiger partial charge in [0, 0.05) is 28.8 Å². The number of amides is 1. The Morgan fingerprint density at radius 1 is 1.28 bits per heavy atom. The highest BCUT2D eigenvalue weighted by Crippen LogP contribution is 2.36. The van der Waals surface area contributed by atoms with Gasteiger partial charge in [-0.05, 0) is 43.0 Å². The molecule has 0 saturated heterocycles. The van der Waals surface area contributed by atoms with Crippen molar-refractivity contribution in [2.75, 3.05) is 12.4 Å². The molecule has 3 aromatic rings. The standard InChI is InChI=1S/C22H15F2N5O2S/c1-31-18-6-5-13(20(23)24)8-16(18)15-9-14(10-25)26-11-17(15)21(30)27-22-29-28-19(32-22)7-4-12-2-3-12/h5-6,8-9,11-12,20H,2-3H2,1H3,(H,27,29,30). The van der Waals surface area contributed by atoms with E-state index in [2.05, 4.69) is 32.3 Å². The molecule has 32 heavy (non-hydrogen) atoms. The minimum atomic E-state index is -2.72. The van der Waals surface area contributed by atoms with E-state index in [1.165, 1.54) is 37.6 Å². The van der Waals surface area contributed by atoms with E-state index in [4.69, 9.17) is 4.74 Å². The number of nitrogens with zero attached hydrogens (tertiary/aromatic N) is 4. The number of halogens is 2. The Morgan fingerprint density at radius 2 is 2.09 bits per heavy atom. The van der Waals surface area contributed by atoms with Gasteiger partial charge in [0.25, 0.3) is 12.3 Å². The highest BCUT2D eigenvalue weighted by molar-refractivity contribution is 7.15. The molecule has 10 heteroatoms. The topological polar surface area (TPSA) is 101 Å². The van der Waals surface area contributed by atoms with Crippen LogP contribution in [0.4, 0.5) is 13.9 Å². The van der Waals surface area contributed by atoms with E-state index in [0.29, 0.717) is 10.9 Å². The number of benzene rings is 1. The van der Waals surface area contributed by atoms with Gasteiger partial charge in [-0.15, -0.1) is 10.2 Å². The number of methoxy groups -OCH3 is 1. The summed E-state index contributed by atoms with van der Waals surface area (Å²) in [5.41, 5.74) is 0.309. The van der Waals surface area contributed by atoms with Crippen LogP contribution in [-0.4, -0.2) is 28.2 Å². The Balaban J connectivity index is 1.70. The maximum Gasteiger partial charge on any atom is 0.263 e. The van der Waals surface area contributed by atoms with E-state index in [1.54, 1.807) is 0 Å². The van der Waals surface area contributed by atoms with Gasteiger partial charge in [0.15, 0.2) is 5.01 Å². The quantitative estimate of drug-likeness (QED) is 0.576. The van der Waals surface area contributed by atoms with Crippen molar-refractivity contribution in [3.63, 3.8) is 0 Å². The Hall–Kier alpha value is -3.89. The maximum absolute atomic E-state index is 13.3. The highest BCUT2D eigenvalue weighted by Gasteiger charge is 2.21. The van der Waals surface area contributed by atoms with Gasteiger partial charge in [-0.2, -0.15) is 5.26 Å². The molecular formula is C22H15F2N5O2S. The van der Waals surface area contributed by atoms with Crippen LogP contribution in [0, 0.1) is 29.1 Å². The Kier molecular flexibility index (Phi) is 6.06. The summed E-state index contributed by atoms with van der Waals surface area (Å²) in [5.74, 6) is 6.10. The molecule has 2 heterocycles. The Morgan fingerprint density at radius 3 is 2.78 bits per heavy atom. The molecular weight excluding hydrogens is 436 g/mol. The van der Waals surface area contributed by atoms with Crippen LogP contribution in [0.1, 0.15) is 45.9 Å². The minimum Gasteiger partial charge on any atom is -0.496 e. The van der Waals surface area contributed by atoms with Crippen LogP contribution in [0.2, 0.25) is 0 Å². The van der Waals surface area contributed by atoms with E-state index in [1.807, 2.05) is 6.07 Å². The van der Waals surface area contributed by atoms with Gasteiger partial charge in [0.1, 0.15) is 17.5 Å². The smallest absolute Gasteiger partial charge is 0.263 e. The van der Waals surface area contributed by atoms with Gasteiger partial charge >= 0.3 is 0 Å². The molecule has 0 aliphatic heterocycles. The normalized spacial score (nSPS) is 12.6. The average Bonchev–Trinajstić information content (AvgIpc) is 3.54. The lowest BCUT2D eigenvalue weighted by atomic mass is 9.97. The first-order chi connectivity index (χ1) is 15.5. The van der Waals surface area contributed by atoms with E-state index in [9.17, 15) is 18.8 Å². The number of carbonyl (C=O) groups is 1. The number of hydrogen-bond acceptors (Lipinski definition) is 7. The molecule has 1 aromatic carbocycles. The van der Waals surface area contributed by atoms with Gasteiger partial charge < -0.3 is 4.74 Å². The second-order valence-electron chi connectivity index (χ2n) is 6.90. The third kappa shape index (κ3) is 4.71. The number of ether oxygens (including phenoxy) is 1. The van der Waals surface area contributed by atoms with Crippen molar-refractivity contribution < 1.29 is 18.3 Å². The monoisotopic (exact) mass is 451 g/mol. The SMILES string of the molecule is COc1ccc(C(F)F)cc1-c1cc(C#N)ncc1C(=O)Nc1nnc(C#CC2CC2)s1. The number of hydrogen-bond donors (Lipinski definition) is 1. The lowest BCUT2D eigenvalue weighted by Gasteiger charge is -2.14. The molecule has 2 aromatic heterocycles. The van der Waals surface area contributed by atoms with Crippen LogP contribution in [0.5, 0.6) is 5.75 Å². The third-order valence-electron chi connectivity index (χ3n) is 4.63. The van der Waals surface area contributed by atoms with Crippen molar-refractivity contribution in [2.24, 2.45) is 5.92 Å². The predicted molar refractivity (Wildman–Crippen MR) is 113 cm³/mol. The van der Waals surface area contributed by atoms with E-state index >= 15 is 0 Å². The van der Waals surface area contributed by atoms with Gasteiger partial charge in [0.2, 0.25) is 5.13 Å². The van der Waals surface area contributed by atoms with Gasteiger partial charge in [-0.3, -0.25) is 10.1 Å². The van der Waals surface area contributed by atoms with Crippen LogP contribution >= 0.6 is 11.3 Å². The molecule has 1 saturated carbocycles. The summed E-state index contributed by atoms with van der Waals surface area (Å²) in [7, 11) is 1.39. The molecule has 7 nitrogen and oxygen atoms in total. The summed E-state index contributed by atoms with van der Waals surface area (Å²) in [6.45, 7) is 0. The first-order valence-electron chi connectivity index (χ1n) is 9.51. The number of carbonyl (C=O) groups excluding carboxylic acids is 1. The van der Waals surface area contributed by atoms with Crippen LogP contribution in [0.15, 0.2) is 30.5 Å². The fourth-order valence-corrected chi connectivity index (χ4v) is 3.47. The zero-order valence-electron chi connectivity index (χ0n) is 16.7. The fraction of sp³-hybridized carbons (Fsp3) is 0.227. The summed E-state index contributed by atoms with van der Waals surface area (Å²) in [5, 5.41) is 20.5. The largest absolute Gasteiger partial charge is 0.496 e. The van der Waals surface area contributed by atoms with Crippen molar-refractivity contribution in [1.82, 2.24) is 15.2 Å². The molecule has 1 fully saturated rings. The van der Waals surface area contributed by atoms with Crippen molar-refractivity contribution in [1.29, 1.82) is 5.26 Å². The van der Waals surface area contributed by atoms with E-state index < -0.39 is 12.3 Å². The third-order valence-corrected chi connectivity index (χ3v) is 5.39. The summed E-state index contributed by atoms with van der Waals surface area (Å²) in [4.78, 5) is 16.9. The van der Waals surface area contributed by atoms with Crippen LogP contribution in [-0.2, 0) is 0 Å². The van der Waals surface area contributed by atoms with Crippen molar-refractivity contribution in [3.8, 4) is 34.8 Å². The molecule has 0 bridgehead atoms. The average molecular weight is 451 g/mol. The fourth-order valence-electron chi connectivity index (χ4n) is 2.87. The molecule has 0 radical (unpaired) electrons. The number of nitrogens with one attached hydrogen (secondary N) is 1. The number of nitriles is 1. The summed E-state index contributed by atoms with van der Waals surface area (Å²) >= 11 is 1.12. The number of alkyl halides is 2. The van der Waals surface area contributed by atoms with Gasteiger partial charge in [-0.25, -0.2) is 13.8 Å². The van der Waals surface area contributed by atoms with E-state index in [-0.39, 0.29) is 38.8 Å². The number of rotatable bonds is 5. The molecule has 0 atom stereocenters. The number of anilines is 1. The molecule has 160 valence electrons. The molecule has 0 spiro atoms. The zero-order chi connectivity index (χ0) is 22.7. The number of pyridine rings is 1. The summed E-state index contributed by atoms with van der Waals surface area (Å²) < 4.78 is 31.9. The van der Waals surface area contributed by atoms with Gasteiger partial charge in [-0.1, -0.05) is 17.3 Å². The maximum atomic E-state index is 13.3. The van der Waals surface area contributed by atoms with Crippen LogP contribution < -0.4 is 10.1 Å². The first-order valence-corrected chi connectivity index (χ1v) is 10.3. The van der Waals surface area contributed by atoms with Gasteiger partial charge in [0.05, 0.1) is 12.7 Å². The molecule has 0 unspecified atom stereocenters. The van der Waals surface area contributed by atoms with Crippen LogP contribution in [0.3, 0.4) is 0 Å². The number of aromatic nitrogens is 3. The molecule has 1 amide bonds. The predicted octanol–water partition coefficient (Wildman–Crippen LogP) is 4.43. The lowest BCUT2D eigenvalue weighted by molar-refractivity contribution is 0.102. The minimum absolute atomic E-state index is 0.0228. The summed E-state index contributed by atoms with van der Waals surface area (Å²) in [6, 6.07) is 7.11. The molecule has 1 aliphatic carbocycles. The first kappa shape index (κ1) is 21.3. The highest BCUT2D eigenvalue weighted by atomic mass is 32.1. The Bertz CT molecular complexity index is 1290. The molecule has 4 rings (SSSR count). The second kappa shape index (κ2) is 9.08. The molecule has 1 N–H and O–H groups in total. The van der Waals surface area contributed by atoms with Crippen molar-refractivity contribution >= 4 is 22.4 Å². The lowest BCUT2D eigenvalue weighted by Crippen LogP contribution is -2.14. The zero-order valence-corrected chi connectivity index (χ0v) is 17.5. The second-order valence-corrected chi connectivity index (χ2v) is 7.87.